The van der Waals surface area contributed by atoms with Gasteiger partial charge in [-0.15, -0.1) is 11.8 Å². The number of aromatic amines is 1. The van der Waals surface area contributed by atoms with Gasteiger partial charge in [0.05, 0.1) is 33.7 Å². The number of carbonyl (C=O) groups is 3. The molecular weight excluding hydrogens is 800 g/mol. The van der Waals surface area contributed by atoms with Gasteiger partial charge in [0.2, 0.25) is 11.8 Å². The van der Waals surface area contributed by atoms with Gasteiger partial charge in [-0.3, -0.25) is 24.1 Å². The number of alkyl halides is 6. The highest BCUT2D eigenvalue weighted by molar-refractivity contribution is 9.10. The predicted molar refractivity (Wildman–Crippen MR) is 182 cm³/mol. The van der Waals surface area contributed by atoms with Gasteiger partial charge in [-0.05, 0) is 78.8 Å². The summed E-state index contributed by atoms with van der Waals surface area (Å²) in [5.41, 5.74) is -1.53. The molecule has 3 amide bonds. The number of amides is 3. The first-order valence-electron chi connectivity index (χ1n) is 15.9. The van der Waals surface area contributed by atoms with Gasteiger partial charge in [-0.2, -0.15) is 26.3 Å². The summed E-state index contributed by atoms with van der Waals surface area (Å²) < 4.78 is 87.0. The molecule has 0 unspecified atom stereocenters. The van der Waals surface area contributed by atoms with E-state index in [2.05, 4.69) is 26.2 Å². The molecule has 3 heterocycles. The quantitative estimate of drug-likeness (QED) is 0.151. The molecular formula is C35H24BrF6N3O5S2. The van der Waals surface area contributed by atoms with E-state index in [9.17, 15) is 45.5 Å². The number of hydrogen-bond donors (Lipinski definition) is 2. The van der Waals surface area contributed by atoms with Crippen molar-refractivity contribution < 1.29 is 45.5 Å². The van der Waals surface area contributed by atoms with Crippen LogP contribution in [0.15, 0.2) is 81.0 Å². The molecule has 8 rings (SSSR count). The molecule has 8 nitrogen and oxygen atoms in total. The lowest BCUT2D eigenvalue weighted by molar-refractivity contribution is -0.138. The molecule has 270 valence electrons. The highest BCUT2D eigenvalue weighted by Crippen LogP contribution is 2.69. The smallest absolute Gasteiger partial charge is 0.416 e. The number of nitrogens with zero attached hydrogens (tertiary/aromatic N) is 1. The number of benzene rings is 3. The molecule has 1 saturated heterocycles. The minimum Gasteiger partial charge on any atom is -0.483 e. The molecule has 2 aliphatic carbocycles. The molecule has 1 aromatic heterocycles. The molecule has 0 radical (unpaired) electrons. The number of aromatic nitrogens is 1. The van der Waals surface area contributed by atoms with E-state index in [1.54, 1.807) is 18.2 Å². The molecule has 3 fully saturated rings. The minimum absolute atomic E-state index is 0.0696. The summed E-state index contributed by atoms with van der Waals surface area (Å²) in [4.78, 5) is 57.8. The van der Waals surface area contributed by atoms with Crippen molar-refractivity contribution in [2.75, 3.05) is 16.8 Å². The van der Waals surface area contributed by atoms with E-state index in [1.165, 1.54) is 30.0 Å². The maximum Gasteiger partial charge on any atom is 0.416 e. The Kier molecular flexibility index (Phi) is 8.41. The number of ether oxygens (including phenoxy) is 1. The second-order valence-electron chi connectivity index (χ2n) is 13.1. The van der Waals surface area contributed by atoms with Crippen LogP contribution >= 0.6 is 39.0 Å². The molecule has 2 aliphatic heterocycles. The Morgan fingerprint density at radius 2 is 1.58 bits per heavy atom. The Labute approximate surface area is 307 Å². The fourth-order valence-electron chi connectivity index (χ4n) is 8.45. The number of H-pyrrole nitrogens is 1. The van der Waals surface area contributed by atoms with Crippen LogP contribution in [0.3, 0.4) is 0 Å². The van der Waals surface area contributed by atoms with E-state index >= 15 is 0 Å². The van der Waals surface area contributed by atoms with Crippen LogP contribution in [0.1, 0.15) is 33.9 Å². The van der Waals surface area contributed by atoms with Crippen LogP contribution in [0.25, 0.3) is 0 Å². The first kappa shape index (κ1) is 35.0. The Morgan fingerprint density at radius 3 is 2.29 bits per heavy atom. The SMILES string of the molecule is O=C(COc1ccc(Br)cc1[C@@H]1c2sc(=O)[nH]c2S[C@@H]2[C@@H]3C[C@@H]([C@@H]4C(=O)N(c5cccc(C(F)(F)F)c5)C(=O)[C@@H]34)[C@H]12)Nc1cccc(C(F)(F)F)c1. The molecule has 2 N–H and O–H groups in total. The van der Waals surface area contributed by atoms with Gasteiger partial charge in [0.15, 0.2) is 6.61 Å². The molecule has 4 aromatic rings. The number of fused-ring (bicyclic) bond motifs is 9. The average Bonchev–Trinajstić information content (AvgIpc) is 3.82. The zero-order chi connectivity index (χ0) is 36.9. The van der Waals surface area contributed by atoms with Crippen molar-refractivity contribution in [3.8, 4) is 5.75 Å². The predicted octanol–water partition coefficient (Wildman–Crippen LogP) is 7.93. The second-order valence-corrected chi connectivity index (χ2v) is 16.2. The third kappa shape index (κ3) is 5.84. The van der Waals surface area contributed by atoms with Crippen molar-refractivity contribution in [1.82, 2.24) is 4.98 Å². The van der Waals surface area contributed by atoms with Crippen LogP contribution < -0.4 is 19.8 Å². The number of hydrogen-bond acceptors (Lipinski definition) is 7. The van der Waals surface area contributed by atoms with Crippen molar-refractivity contribution in [2.45, 2.75) is 35.0 Å². The lowest BCUT2D eigenvalue weighted by atomic mass is 9.68. The van der Waals surface area contributed by atoms with E-state index in [1.807, 2.05) is 0 Å². The number of thioether (sulfide) groups is 1. The fraction of sp³-hybridized carbons (Fsp3) is 0.314. The monoisotopic (exact) mass is 823 g/mol. The number of rotatable bonds is 6. The van der Waals surface area contributed by atoms with Gasteiger partial charge < -0.3 is 15.0 Å². The van der Waals surface area contributed by atoms with Crippen LogP contribution in [-0.4, -0.2) is 34.6 Å². The normalized spacial score (nSPS) is 26.3. The molecule has 52 heavy (non-hydrogen) atoms. The topological polar surface area (TPSA) is 109 Å². The van der Waals surface area contributed by atoms with Crippen LogP contribution in [-0.2, 0) is 26.7 Å². The van der Waals surface area contributed by atoms with E-state index in [-0.39, 0.29) is 45.0 Å². The average molecular weight is 825 g/mol. The molecule has 0 spiro atoms. The van der Waals surface area contributed by atoms with Crippen LogP contribution in [0.4, 0.5) is 37.7 Å². The third-order valence-electron chi connectivity index (χ3n) is 10.3. The van der Waals surface area contributed by atoms with Gasteiger partial charge in [-0.1, -0.05) is 39.4 Å². The summed E-state index contributed by atoms with van der Waals surface area (Å²) in [6.07, 6.45) is -8.76. The molecule has 2 bridgehead atoms. The second kappa shape index (κ2) is 12.5. The van der Waals surface area contributed by atoms with E-state index < -0.39 is 65.6 Å². The fourth-order valence-corrected chi connectivity index (χ4v) is 11.7. The summed E-state index contributed by atoms with van der Waals surface area (Å²) in [5, 5.41) is 2.77. The zero-order valence-electron chi connectivity index (χ0n) is 26.3. The van der Waals surface area contributed by atoms with Crippen molar-refractivity contribution in [2.24, 2.45) is 29.6 Å². The van der Waals surface area contributed by atoms with Crippen LogP contribution in [0.2, 0.25) is 0 Å². The van der Waals surface area contributed by atoms with Gasteiger partial charge in [-0.25, -0.2) is 0 Å². The maximum atomic E-state index is 14.1. The number of thiazole rings is 1. The third-order valence-corrected chi connectivity index (χ3v) is 13.4. The van der Waals surface area contributed by atoms with Crippen molar-refractivity contribution in [3.05, 3.63) is 102 Å². The number of carbonyl (C=O) groups excluding carboxylic acids is 3. The lowest BCUT2D eigenvalue weighted by Gasteiger charge is -2.43. The summed E-state index contributed by atoms with van der Waals surface area (Å²) >= 11 is 5.92. The number of imide groups is 1. The van der Waals surface area contributed by atoms with Gasteiger partial charge in [0.25, 0.3) is 5.91 Å². The highest BCUT2D eigenvalue weighted by atomic mass is 79.9. The van der Waals surface area contributed by atoms with Crippen LogP contribution in [0, 0.1) is 29.6 Å². The number of anilines is 2. The first-order valence-corrected chi connectivity index (χ1v) is 18.4. The summed E-state index contributed by atoms with van der Waals surface area (Å²) in [6, 6.07) is 13.4. The highest BCUT2D eigenvalue weighted by Gasteiger charge is 2.70. The number of nitrogens with one attached hydrogen (secondary N) is 2. The minimum atomic E-state index is -4.67. The van der Waals surface area contributed by atoms with Gasteiger partial charge in [0.1, 0.15) is 5.75 Å². The summed E-state index contributed by atoms with van der Waals surface area (Å²) in [5.74, 6) is -4.61. The Hall–Kier alpha value is -4.09. The summed E-state index contributed by atoms with van der Waals surface area (Å²) in [6.45, 7) is -0.563. The lowest BCUT2D eigenvalue weighted by Crippen LogP contribution is -2.42. The largest absolute Gasteiger partial charge is 0.483 e. The van der Waals surface area contributed by atoms with Gasteiger partial charge in [0, 0.05) is 31.8 Å². The molecule has 7 atom stereocenters. The molecule has 3 aromatic carbocycles. The van der Waals surface area contributed by atoms with Crippen molar-refractivity contribution >= 4 is 68.1 Å². The van der Waals surface area contributed by atoms with E-state index in [4.69, 9.17) is 4.74 Å². The Bertz CT molecular complexity index is 2210. The Morgan fingerprint density at radius 1 is 0.904 bits per heavy atom. The zero-order valence-corrected chi connectivity index (χ0v) is 29.5. The van der Waals surface area contributed by atoms with Crippen molar-refractivity contribution in [1.29, 1.82) is 0 Å². The van der Waals surface area contributed by atoms with E-state index in [0.29, 0.717) is 26.4 Å². The van der Waals surface area contributed by atoms with Crippen LogP contribution in [0.5, 0.6) is 5.75 Å². The van der Waals surface area contributed by atoms with Crippen molar-refractivity contribution in [3.63, 3.8) is 0 Å². The first-order chi connectivity index (χ1) is 24.6. The molecule has 17 heteroatoms. The number of halogens is 7. The van der Waals surface area contributed by atoms with Gasteiger partial charge >= 0.3 is 17.2 Å². The summed E-state index contributed by atoms with van der Waals surface area (Å²) in [7, 11) is 0. The standard InChI is InChI=1S/C35H24BrF6N3O5S2/c36-16-7-8-22(50-13-23(46)43-17-5-1-3-14(9-17)34(37,38)39)19(11-16)24-25-20-12-21(28(25)51-30-29(24)52-33(49)44-30)27-26(20)31(47)45(32(27)48)18-6-2-4-15(10-18)35(40,41)42/h1-11,20-21,24-28H,12-13H2,(H,43,46)(H,44,49)/t20-,21-,24+,25-,26+,27+,28-/m1/s1. The van der Waals surface area contributed by atoms with E-state index in [0.717, 1.165) is 46.6 Å². The maximum absolute atomic E-state index is 14.1. The Balaban J connectivity index is 1.11. The molecule has 2 saturated carbocycles. The molecule has 4 aliphatic rings.